The molecule has 1 atom stereocenters. The van der Waals surface area contributed by atoms with Crippen LogP contribution in [0.2, 0.25) is 0 Å². The summed E-state index contributed by atoms with van der Waals surface area (Å²) in [5, 5.41) is 5.61. The zero-order chi connectivity index (χ0) is 23.4. The maximum Gasteiger partial charge on any atom is 0.338 e. The van der Waals surface area contributed by atoms with Crippen LogP contribution in [0.1, 0.15) is 31.0 Å². The Kier molecular flexibility index (Phi) is 6.84. The first kappa shape index (κ1) is 22.7. The van der Waals surface area contributed by atoms with Gasteiger partial charge in [-0.3, -0.25) is 4.79 Å². The van der Waals surface area contributed by atoms with E-state index in [0.29, 0.717) is 23.6 Å². The number of nitrogens with zero attached hydrogens (tertiary/aromatic N) is 2. The molecule has 33 heavy (non-hydrogen) atoms. The number of benzene rings is 2. The van der Waals surface area contributed by atoms with E-state index < -0.39 is 0 Å². The third kappa shape index (κ3) is 4.96. The number of amides is 1. The van der Waals surface area contributed by atoms with Crippen molar-refractivity contribution in [3.8, 4) is 5.75 Å². The average molecular weight is 464 g/mol. The van der Waals surface area contributed by atoms with Gasteiger partial charge in [-0.2, -0.15) is 0 Å². The second-order valence-corrected chi connectivity index (χ2v) is 8.42. The average Bonchev–Trinajstić information content (AvgIpc) is 3.27. The molecule has 170 valence electrons. The predicted octanol–water partition coefficient (Wildman–Crippen LogP) is 4.78. The van der Waals surface area contributed by atoms with Gasteiger partial charge in [0, 0.05) is 11.9 Å². The monoisotopic (exact) mass is 463 g/mol. The number of rotatable bonds is 7. The molecule has 7 nitrogen and oxygen atoms in total. The Labute approximate surface area is 197 Å². The number of nitrogens with one attached hydrogen (secondary N) is 1. The minimum atomic E-state index is -0.374. The van der Waals surface area contributed by atoms with Crippen LogP contribution in [0, 0.1) is 6.92 Å². The number of hydrogen-bond donors (Lipinski definition) is 1. The highest BCUT2D eigenvalue weighted by Crippen LogP contribution is 2.41. The molecule has 2 aromatic rings. The second kappa shape index (κ2) is 9.95. The fourth-order valence-electron chi connectivity index (χ4n) is 3.69. The van der Waals surface area contributed by atoms with Gasteiger partial charge in [-0.15, -0.1) is 0 Å². The topological polar surface area (TPSA) is 80.2 Å². The Morgan fingerprint density at radius 2 is 1.88 bits per heavy atom. The van der Waals surface area contributed by atoms with Gasteiger partial charge in [0.05, 0.1) is 23.9 Å². The van der Waals surface area contributed by atoms with Crippen molar-refractivity contribution >= 4 is 34.5 Å². The van der Waals surface area contributed by atoms with Crippen LogP contribution in [-0.2, 0) is 14.3 Å². The summed E-state index contributed by atoms with van der Waals surface area (Å²) in [5.74, 6) is -0.0432. The van der Waals surface area contributed by atoms with Crippen molar-refractivity contribution in [2.24, 2.45) is 4.99 Å². The zero-order valence-corrected chi connectivity index (χ0v) is 19.5. The number of esters is 1. The molecule has 1 unspecified atom stereocenters. The first-order valence-corrected chi connectivity index (χ1v) is 11.5. The van der Waals surface area contributed by atoms with Gasteiger partial charge in [0.1, 0.15) is 5.75 Å². The van der Waals surface area contributed by atoms with Crippen LogP contribution in [0.5, 0.6) is 5.75 Å². The number of fused-ring (bicyclic) bond motifs is 1. The van der Waals surface area contributed by atoms with Gasteiger partial charge in [-0.05, 0) is 55.5 Å². The number of allylic oxidation sites excluding steroid dienone is 1. The summed E-state index contributed by atoms with van der Waals surface area (Å²) < 4.78 is 11.0. The molecule has 0 saturated carbocycles. The van der Waals surface area contributed by atoms with Crippen molar-refractivity contribution in [3.63, 3.8) is 0 Å². The maximum atomic E-state index is 12.7. The fourth-order valence-corrected chi connectivity index (χ4v) is 4.48. The van der Waals surface area contributed by atoms with Crippen molar-refractivity contribution in [1.82, 2.24) is 4.90 Å². The van der Waals surface area contributed by atoms with Crippen LogP contribution in [-0.4, -0.2) is 35.2 Å². The van der Waals surface area contributed by atoms with Crippen LogP contribution >= 0.6 is 11.8 Å². The Morgan fingerprint density at radius 3 is 2.61 bits per heavy atom. The summed E-state index contributed by atoms with van der Waals surface area (Å²) in [6, 6.07) is 14.6. The minimum absolute atomic E-state index is 0.105. The Hall–Kier alpha value is -3.52. The Morgan fingerprint density at radius 1 is 1.12 bits per heavy atom. The molecule has 1 N–H and O–H groups in total. The molecule has 2 aromatic carbocycles. The van der Waals surface area contributed by atoms with E-state index in [1.54, 1.807) is 19.1 Å². The highest BCUT2D eigenvalue weighted by Gasteiger charge is 2.37. The summed E-state index contributed by atoms with van der Waals surface area (Å²) >= 11 is 1.51. The molecule has 1 amide bonds. The summed E-state index contributed by atoms with van der Waals surface area (Å²) in [5.41, 5.74) is 3.81. The van der Waals surface area contributed by atoms with E-state index in [2.05, 4.69) is 10.3 Å². The summed E-state index contributed by atoms with van der Waals surface area (Å²) in [6.45, 7) is 5.74. The van der Waals surface area contributed by atoms with Crippen LogP contribution in [0.15, 0.2) is 76.4 Å². The summed E-state index contributed by atoms with van der Waals surface area (Å²) in [7, 11) is 0. The van der Waals surface area contributed by atoms with E-state index in [1.807, 2.05) is 66.8 Å². The summed E-state index contributed by atoms with van der Waals surface area (Å²) in [4.78, 5) is 31.5. The first-order valence-electron chi connectivity index (χ1n) is 10.6. The van der Waals surface area contributed by atoms with E-state index in [1.165, 1.54) is 11.8 Å². The number of amidine groups is 1. The maximum absolute atomic E-state index is 12.7. The number of hydrogen-bond acceptors (Lipinski definition) is 7. The number of carbonyl (C=O) groups is 2. The number of aliphatic imine (C=N–C) groups is 1. The van der Waals surface area contributed by atoms with Gasteiger partial charge in [0.15, 0.2) is 11.8 Å². The Bertz CT molecular complexity index is 1150. The lowest BCUT2D eigenvalue weighted by molar-refractivity contribution is -0.139. The van der Waals surface area contributed by atoms with Crippen LogP contribution in [0.3, 0.4) is 0 Å². The molecule has 0 aliphatic carbocycles. The fraction of sp³-hybridized carbons (Fsp3) is 0.240. The van der Waals surface area contributed by atoms with E-state index in [0.717, 1.165) is 22.0 Å². The number of para-hydroxylation sites is 1. The quantitative estimate of drug-likeness (QED) is 0.595. The molecule has 0 aromatic heterocycles. The number of aryl methyl sites for hydroxylation is 1. The number of carbonyl (C=O) groups excluding carboxylic acids is 2. The lowest BCUT2D eigenvalue weighted by Crippen LogP contribution is -2.34. The molecular weight excluding hydrogens is 438 g/mol. The lowest BCUT2D eigenvalue weighted by Gasteiger charge is -2.33. The highest BCUT2D eigenvalue weighted by atomic mass is 32.2. The third-order valence-electron chi connectivity index (χ3n) is 5.30. The van der Waals surface area contributed by atoms with Crippen molar-refractivity contribution in [2.45, 2.75) is 26.8 Å². The molecule has 0 bridgehead atoms. The molecule has 0 radical (unpaired) electrons. The van der Waals surface area contributed by atoms with Crippen LogP contribution in [0.4, 0.5) is 5.69 Å². The molecule has 8 heteroatoms. The molecule has 0 saturated heterocycles. The van der Waals surface area contributed by atoms with Crippen LogP contribution in [0.25, 0.3) is 0 Å². The van der Waals surface area contributed by atoms with Crippen LogP contribution < -0.4 is 10.1 Å². The zero-order valence-electron chi connectivity index (χ0n) is 18.7. The van der Waals surface area contributed by atoms with E-state index in [9.17, 15) is 9.59 Å². The smallest absolute Gasteiger partial charge is 0.338 e. The predicted molar refractivity (Wildman–Crippen MR) is 130 cm³/mol. The molecule has 2 aliphatic heterocycles. The first-order chi connectivity index (χ1) is 16.0. The van der Waals surface area contributed by atoms with Gasteiger partial charge in [-0.1, -0.05) is 42.1 Å². The van der Waals surface area contributed by atoms with Gasteiger partial charge in [0.2, 0.25) is 0 Å². The molecule has 0 spiro atoms. The van der Waals surface area contributed by atoms with Crippen molar-refractivity contribution in [3.05, 3.63) is 82.5 Å². The van der Waals surface area contributed by atoms with Gasteiger partial charge in [-0.25, -0.2) is 9.79 Å². The van der Waals surface area contributed by atoms with Gasteiger partial charge >= 0.3 is 5.97 Å². The molecule has 0 fully saturated rings. The highest BCUT2D eigenvalue weighted by molar-refractivity contribution is 8.16. The van der Waals surface area contributed by atoms with E-state index >= 15 is 0 Å². The third-order valence-corrected chi connectivity index (χ3v) is 6.07. The van der Waals surface area contributed by atoms with Gasteiger partial charge in [0.25, 0.3) is 5.91 Å². The normalized spacial score (nSPS) is 16.9. The molecule has 4 rings (SSSR count). The largest absolute Gasteiger partial charge is 0.484 e. The minimum Gasteiger partial charge on any atom is -0.484 e. The molecule has 2 aliphatic rings. The van der Waals surface area contributed by atoms with E-state index in [4.69, 9.17) is 9.47 Å². The number of thioether (sulfide) groups is 1. The SMILES string of the molecule is CCOC(=O)C1=C(C)N=C2SC=CN2C1c1ccc(OCC(=O)Nc2ccccc2C)cc1. The lowest BCUT2D eigenvalue weighted by atomic mass is 9.95. The molecule has 2 heterocycles. The standard InChI is InChI=1S/C25H25N3O4S/c1-4-31-24(30)22-17(3)26-25-28(13-14-33-25)23(22)18-9-11-19(12-10-18)32-15-21(29)27-20-8-6-5-7-16(20)2/h5-14,23H,4,15H2,1-3H3,(H,27,29). The van der Waals surface area contributed by atoms with Crippen molar-refractivity contribution < 1.29 is 19.1 Å². The van der Waals surface area contributed by atoms with Crippen molar-refractivity contribution in [2.75, 3.05) is 18.5 Å². The van der Waals surface area contributed by atoms with Gasteiger partial charge < -0.3 is 19.7 Å². The van der Waals surface area contributed by atoms with Crippen molar-refractivity contribution in [1.29, 1.82) is 0 Å². The number of anilines is 1. The summed E-state index contributed by atoms with van der Waals surface area (Å²) in [6.07, 6.45) is 1.92. The molecular formula is C25H25N3O4S. The Balaban J connectivity index is 1.48. The van der Waals surface area contributed by atoms with E-state index in [-0.39, 0.29) is 24.5 Å². The second-order valence-electron chi connectivity index (χ2n) is 7.55. The number of ether oxygens (including phenoxy) is 2.